The third-order valence-electron chi connectivity index (χ3n) is 9.24. The summed E-state index contributed by atoms with van der Waals surface area (Å²) in [5, 5.41) is 7.48. The van der Waals surface area contributed by atoms with Crippen molar-refractivity contribution in [1.82, 2.24) is 34.7 Å². The van der Waals surface area contributed by atoms with Gasteiger partial charge in [-0.2, -0.15) is 23.1 Å². The van der Waals surface area contributed by atoms with Gasteiger partial charge in [-0.25, -0.2) is 0 Å². The van der Waals surface area contributed by atoms with Crippen molar-refractivity contribution in [2.75, 3.05) is 75.2 Å². The number of nitrogens with one attached hydrogen (secondary N) is 3. The molecule has 48 heavy (non-hydrogen) atoms. The Bertz CT molecular complexity index is 2000. The monoisotopic (exact) mass is 678 g/mol. The van der Waals surface area contributed by atoms with Gasteiger partial charge in [0.1, 0.15) is 24.1 Å². The number of alkyl halides is 3. The molecule has 2 fully saturated rings. The van der Waals surface area contributed by atoms with Crippen molar-refractivity contribution in [2.24, 2.45) is 0 Å². The van der Waals surface area contributed by atoms with Gasteiger partial charge in [0.25, 0.3) is 0 Å². The average Bonchev–Trinajstić information content (AvgIpc) is 3.53. The Morgan fingerprint density at radius 1 is 0.917 bits per heavy atom. The van der Waals surface area contributed by atoms with E-state index in [9.17, 15) is 17.7 Å². The van der Waals surface area contributed by atoms with E-state index in [1.54, 1.807) is 56.2 Å². The number of piperazine rings is 1. The number of fused-ring (bicyclic) bond motifs is 2. The zero-order chi connectivity index (χ0) is 33.6. The maximum absolute atomic E-state index is 14.5. The van der Waals surface area contributed by atoms with Crippen LogP contribution in [0.15, 0.2) is 55.0 Å². The molecule has 0 amide bonds. The highest BCUT2D eigenvalue weighted by molar-refractivity contribution is 7.71. The fraction of sp³-hybridized carbons (Fsp3) is 0.394. The van der Waals surface area contributed by atoms with Crippen LogP contribution in [0, 0.1) is 0 Å². The van der Waals surface area contributed by atoms with Crippen LogP contribution in [-0.4, -0.2) is 100 Å². The van der Waals surface area contributed by atoms with Crippen LogP contribution in [0.4, 0.5) is 42.0 Å². The van der Waals surface area contributed by atoms with Crippen molar-refractivity contribution in [2.45, 2.75) is 25.1 Å². The van der Waals surface area contributed by atoms with Gasteiger partial charge in [-0.15, -0.1) is 0 Å². The Kier molecular flexibility index (Phi) is 8.51. The number of aromatic nitrogens is 5. The number of H-pyrrole nitrogens is 1. The topological polar surface area (TPSA) is 118 Å². The number of hydrogen-bond donors (Lipinski definition) is 3. The SMILES string of the molecule is CN1CCN(C2CCN(c3ccc(Nc4nc(Nc5ccc6nccnc6c5P(C)(C)=O)c5cc[nH]c5n4)cc3C(F)(F)F)CC2)CC1. The molecule has 0 radical (unpaired) electrons. The molecule has 15 heteroatoms. The van der Waals surface area contributed by atoms with Gasteiger partial charge in [0, 0.05) is 75.3 Å². The summed E-state index contributed by atoms with van der Waals surface area (Å²) < 4.78 is 57.0. The molecule has 0 saturated carbocycles. The lowest BCUT2D eigenvalue weighted by atomic mass is 10.00. The van der Waals surface area contributed by atoms with Gasteiger partial charge in [-0.05, 0) is 69.6 Å². The van der Waals surface area contributed by atoms with E-state index in [1.165, 1.54) is 6.07 Å². The highest BCUT2D eigenvalue weighted by Crippen LogP contribution is 2.42. The summed E-state index contributed by atoms with van der Waals surface area (Å²) in [6, 6.07) is 10.1. The van der Waals surface area contributed by atoms with Crippen molar-refractivity contribution in [3.05, 3.63) is 60.6 Å². The van der Waals surface area contributed by atoms with Gasteiger partial charge < -0.3 is 30.0 Å². The fourth-order valence-corrected chi connectivity index (χ4v) is 8.19. The van der Waals surface area contributed by atoms with Crippen LogP contribution in [-0.2, 0) is 10.7 Å². The maximum Gasteiger partial charge on any atom is 0.418 e. The van der Waals surface area contributed by atoms with Crippen LogP contribution in [0.1, 0.15) is 18.4 Å². The number of nitrogens with zero attached hydrogens (tertiary/aromatic N) is 7. The largest absolute Gasteiger partial charge is 0.418 e. The minimum Gasteiger partial charge on any atom is -0.371 e. The molecule has 7 rings (SSSR count). The Balaban J connectivity index is 1.16. The Morgan fingerprint density at radius 2 is 1.67 bits per heavy atom. The molecule has 2 aliphatic heterocycles. The number of hydrogen-bond acceptors (Lipinski definition) is 10. The molecule has 2 aliphatic rings. The lowest BCUT2D eigenvalue weighted by Crippen LogP contribution is -2.52. The minimum absolute atomic E-state index is 0.0969. The minimum atomic E-state index is -4.55. The van der Waals surface area contributed by atoms with Gasteiger partial charge in [0.15, 0.2) is 0 Å². The smallest absolute Gasteiger partial charge is 0.371 e. The van der Waals surface area contributed by atoms with Crippen molar-refractivity contribution < 1.29 is 17.7 Å². The first-order valence-electron chi connectivity index (χ1n) is 16.0. The van der Waals surface area contributed by atoms with Crippen LogP contribution in [0.5, 0.6) is 0 Å². The number of anilines is 5. The number of rotatable bonds is 7. The van der Waals surface area contributed by atoms with E-state index < -0.39 is 18.9 Å². The predicted octanol–water partition coefficient (Wildman–Crippen LogP) is 5.87. The maximum atomic E-state index is 14.5. The molecule has 2 saturated heterocycles. The second-order valence-corrected chi connectivity index (χ2v) is 16.1. The second-order valence-electron chi connectivity index (χ2n) is 12.9. The highest BCUT2D eigenvalue weighted by Gasteiger charge is 2.37. The fourth-order valence-electron chi connectivity index (χ4n) is 6.79. The lowest BCUT2D eigenvalue weighted by molar-refractivity contribution is -0.137. The van der Waals surface area contributed by atoms with Crippen molar-refractivity contribution in [3.63, 3.8) is 0 Å². The molecule has 0 spiro atoms. The van der Waals surface area contributed by atoms with Gasteiger partial charge in [-0.1, -0.05) is 0 Å². The Hall–Kier alpha value is -4.26. The van der Waals surface area contributed by atoms with Gasteiger partial charge in [0.05, 0.1) is 27.5 Å². The van der Waals surface area contributed by atoms with Crippen LogP contribution >= 0.6 is 7.14 Å². The molecule has 5 heterocycles. The lowest BCUT2D eigenvalue weighted by Gasteiger charge is -2.43. The standard InChI is InChI=1S/C33H38F3N10OP/c1-44-16-18-45(19-17-44)22-9-14-46(15-10-22)27-7-4-21(20-24(27)33(34,35)36)40-32-42-30-23(8-11-39-30)31(43-32)41-26-6-5-25-28(38-13-12-37-25)29(26)48(2,3)47/h4-8,11-13,20,22H,9-10,14-19H2,1-3H3,(H3,39,40,41,42,43). The molecule has 5 aromatic rings. The molecule has 3 N–H and O–H groups in total. The van der Waals surface area contributed by atoms with E-state index >= 15 is 0 Å². The van der Waals surface area contributed by atoms with E-state index in [0.717, 1.165) is 45.1 Å². The van der Waals surface area contributed by atoms with Crippen molar-refractivity contribution >= 4 is 63.3 Å². The molecular weight excluding hydrogens is 640 g/mol. The van der Waals surface area contributed by atoms with Crippen LogP contribution in [0.3, 0.4) is 0 Å². The zero-order valence-corrected chi connectivity index (χ0v) is 27.9. The summed E-state index contributed by atoms with van der Waals surface area (Å²) in [5.74, 6) is 0.484. The van der Waals surface area contributed by atoms with Crippen LogP contribution in [0.25, 0.3) is 22.1 Å². The first-order valence-corrected chi connectivity index (χ1v) is 18.6. The quantitative estimate of drug-likeness (QED) is 0.181. The highest BCUT2D eigenvalue weighted by atomic mass is 31.2. The number of benzene rings is 2. The Morgan fingerprint density at radius 3 is 2.40 bits per heavy atom. The summed E-state index contributed by atoms with van der Waals surface area (Å²) in [4.78, 5) is 27.7. The van der Waals surface area contributed by atoms with Crippen LogP contribution < -0.4 is 20.8 Å². The first-order chi connectivity index (χ1) is 22.9. The number of halogens is 3. The second kappa shape index (κ2) is 12.6. The van der Waals surface area contributed by atoms with E-state index in [-0.39, 0.29) is 17.3 Å². The summed E-state index contributed by atoms with van der Waals surface area (Å²) >= 11 is 0. The Labute approximate surface area is 276 Å². The molecular formula is C33H38F3N10OP. The average molecular weight is 679 g/mol. The van der Waals surface area contributed by atoms with E-state index in [0.29, 0.717) is 58.0 Å². The summed E-state index contributed by atoms with van der Waals surface area (Å²) in [7, 11) is -0.730. The third-order valence-corrected chi connectivity index (χ3v) is 10.8. The molecule has 0 aliphatic carbocycles. The van der Waals surface area contributed by atoms with Crippen LogP contribution in [0.2, 0.25) is 0 Å². The van der Waals surface area contributed by atoms with E-state index in [4.69, 9.17) is 0 Å². The number of piperidine rings is 1. The molecule has 0 unspecified atom stereocenters. The third kappa shape index (κ3) is 6.56. The molecule has 2 aromatic carbocycles. The normalized spacial score (nSPS) is 17.3. The van der Waals surface area contributed by atoms with Gasteiger partial charge in [0.2, 0.25) is 5.95 Å². The zero-order valence-electron chi connectivity index (χ0n) is 27.1. The van der Waals surface area contributed by atoms with E-state index in [1.807, 2.05) is 4.90 Å². The summed E-state index contributed by atoms with van der Waals surface area (Å²) in [6.45, 7) is 8.50. The van der Waals surface area contributed by atoms with E-state index in [2.05, 4.69) is 52.4 Å². The van der Waals surface area contributed by atoms with Crippen molar-refractivity contribution in [3.8, 4) is 0 Å². The molecule has 3 aromatic heterocycles. The predicted molar refractivity (Wildman–Crippen MR) is 185 cm³/mol. The first kappa shape index (κ1) is 32.3. The summed E-state index contributed by atoms with van der Waals surface area (Å²) in [6.07, 6.45) is 1.95. The van der Waals surface area contributed by atoms with Gasteiger partial charge >= 0.3 is 6.18 Å². The van der Waals surface area contributed by atoms with Gasteiger partial charge in [-0.3, -0.25) is 14.9 Å². The molecule has 0 bridgehead atoms. The summed E-state index contributed by atoms with van der Waals surface area (Å²) in [5.41, 5.74) is 1.85. The van der Waals surface area contributed by atoms with Crippen molar-refractivity contribution in [1.29, 1.82) is 0 Å². The number of aromatic amines is 1. The molecule has 11 nitrogen and oxygen atoms in total. The number of likely N-dealkylation sites (N-methyl/N-ethyl adjacent to an activating group) is 1. The molecule has 0 atom stereocenters. The molecule has 252 valence electrons.